The van der Waals surface area contributed by atoms with Crippen LogP contribution in [-0.2, 0) is 4.79 Å². The third-order valence-corrected chi connectivity index (χ3v) is 4.80. The maximum absolute atomic E-state index is 11.2. The quantitative estimate of drug-likeness (QED) is 0.883. The molecule has 1 unspecified atom stereocenters. The summed E-state index contributed by atoms with van der Waals surface area (Å²) in [7, 11) is 0. The van der Waals surface area contributed by atoms with Crippen LogP contribution in [-0.4, -0.2) is 24.0 Å². The molecule has 1 amide bonds. The van der Waals surface area contributed by atoms with Crippen LogP contribution in [0, 0.1) is 18.3 Å². The molecule has 1 atom stereocenters. The number of benzene rings is 1. The second kappa shape index (κ2) is 5.58. The summed E-state index contributed by atoms with van der Waals surface area (Å²) in [6.45, 7) is 1.49. The second-order valence-corrected chi connectivity index (χ2v) is 6.07. The number of anilines is 1. The van der Waals surface area contributed by atoms with E-state index in [1.54, 1.807) is 11.3 Å². The zero-order valence-electron chi connectivity index (χ0n) is 11.5. The molecule has 2 N–H and O–H groups in total. The first-order valence-corrected chi connectivity index (χ1v) is 7.56. The van der Waals surface area contributed by atoms with Crippen LogP contribution in [0.25, 0.3) is 10.4 Å². The molecule has 1 fully saturated rings. The predicted octanol–water partition coefficient (Wildman–Crippen LogP) is 2.10. The average molecular weight is 297 g/mol. The van der Waals surface area contributed by atoms with Gasteiger partial charge in [0.25, 0.3) is 0 Å². The van der Waals surface area contributed by atoms with E-state index >= 15 is 0 Å². The first kappa shape index (κ1) is 13.7. The van der Waals surface area contributed by atoms with E-state index in [2.05, 4.69) is 15.8 Å². The van der Waals surface area contributed by atoms with Gasteiger partial charge in [-0.2, -0.15) is 0 Å². The van der Waals surface area contributed by atoms with E-state index in [1.165, 1.54) is 0 Å². The Balaban J connectivity index is 1.77. The highest BCUT2D eigenvalue weighted by Crippen LogP contribution is 2.33. The molecule has 0 radical (unpaired) electrons. The van der Waals surface area contributed by atoms with Crippen LogP contribution in [0.15, 0.2) is 30.5 Å². The second-order valence-electron chi connectivity index (χ2n) is 5.06. The molecular formula is C16H15N3OS. The molecule has 1 aliphatic heterocycles. The fraction of sp³-hybridized carbons (Fsp3) is 0.250. The Bertz CT molecular complexity index is 699. The van der Waals surface area contributed by atoms with Gasteiger partial charge in [0.05, 0.1) is 10.8 Å². The number of nitrogens with two attached hydrogens (primary N) is 1. The summed E-state index contributed by atoms with van der Waals surface area (Å²) in [5.74, 6) is 2.32. The van der Waals surface area contributed by atoms with Gasteiger partial charge in [0.15, 0.2) is 5.13 Å². The third kappa shape index (κ3) is 2.76. The van der Waals surface area contributed by atoms with E-state index in [1.807, 2.05) is 30.5 Å². The van der Waals surface area contributed by atoms with Crippen LogP contribution < -0.4 is 10.6 Å². The zero-order chi connectivity index (χ0) is 14.8. The van der Waals surface area contributed by atoms with Gasteiger partial charge in [0, 0.05) is 24.8 Å². The van der Waals surface area contributed by atoms with Crippen molar-refractivity contribution in [3.05, 3.63) is 36.0 Å². The lowest BCUT2D eigenvalue weighted by molar-refractivity contribution is -0.121. The van der Waals surface area contributed by atoms with Gasteiger partial charge in [-0.15, -0.1) is 6.42 Å². The van der Waals surface area contributed by atoms with Crippen LogP contribution in [0.2, 0.25) is 0 Å². The van der Waals surface area contributed by atoms with Gasteiger partial charge in [0.2, 0.25) is 5.91 Å². The minimum Gasteiger partial charge on any atom is -0.369 e. The molecule has 4 nitrogen and oxygen atoms in total. The van der Waals surface area contributed by atoms with Crippen molar-refractivity contribution in [3.8, 4) is 22.8 Å². The van der Waals surface area contributed by atoms with E-state index < -0.39 is 0 Å². The number of rotatable bonds is 3. The molecule has 0 spiro atoms. The summed E-state index contributed by atoms with van der Waals surface area (Å²) in [5.41, 5.74) is 7.33. The van der Waals surface area contributed by atoms with Gasteiger partial charge < -0.3 is 10.6 Å². The number of carbonyl (C=O) groups is 1. The molecule has 21 heavy (non-hydrogen) atoms. The molecule has 2 aromatic rings. The van der Waals surface area contributed by atoms with Crippen molar-refractivity contribution in [2.75, 3.05) is 18.0 Å². The molecule has 1 aromatic heterocycles. The van der Waals surface area contributed by atoms with E-state index in [0.29, 0.717) is 6.54 Å². The SMILES string of the molecule is C#Cc1ccc(-c2cnc(N3CCC(C(N)=O)C3)s2)cc1. The number of thiazole rings is 1. The number of carbonyl (C=O) groups excluding carboxylic acids is 1. The summed E-state index contributed by atoms with van der Waals surface area (Å²) < 4.78 is 0. The predicted molar refractivity (Wildman–Crippen MR) is 85.0 cm³/mol. The highest BCUT2D eigenvalue weighted by molar-refractivity contribution is 7.18. The van der Waals surface area contributed by atoms with Crippen molar-refractivity contribution < 1.29 is 4.79 Å². The van der Waals surface area contributed by atoms with Crippen molar-refractivity contribution in [1.82, 2.24) is 4.98 Å². The zero-order valence-corrected chi connectivity index (χ0v) is 12.3. The number of amides is 1. The molecule has 2 heterocycles. The summed E-state index contributed by atoms with van der Waals surface area (Å²) in [5, 5.41) is 0.940. The van der Waals surface area contributed by atoms with Gasteiger partial charge in [-0.25, -0.2) is 4.98 Å². The number of hydrogen-bond acceptors (Lipinski definition) is 4. The molecule has 5 heteroatoms. The van der Waals surface area contributed by atoms with Crippen LogP contribution in [0.1, 0.15) is 12.0 Å². The molecule has 1 saturated heterocycles. The van der Waals surface area contributed by atoms with Crippen molar-refractivity contribution in [1.29, 1.82) is 0 Å². The van der Waals surface area contributed by atoms with Gasteiger partial charge >= 0.3 is 0 Å². The summed E-state index contributed by atoms with van der Waals surface area (Å²) in [4.78, 5) is 18.9. The monoisotopic (exact) mass is 297 g/mol. The van der Waals surface area contributed by atoms with E-state index in [9.17, 15) is 4.79 Å². The first-order chi connectivity index (χ1) is 10.2. The van der Waals surface area contributed by atoms with Crippen molar-refractivity contribution >= 4 is 22.4 Å². The average Bonchev–Trinajstić information content (AvgIpc) is 3.16. The van der Waals surface area contributed by atoms with Gasteiger partial charge in [0.1, 0.15) is 0 Å². The maximum Gasteiger partial charge on any atom is 0.222 e. The molecule has 1 aromatic carbocycles. The highest BCUT2D eigenvalue weighted by atomic mass is 32.1. The molecule has 1 aliphatic rings. The van der Waals surface area contributed by atoms with Gasteiger partial charge in [-0.05, 0) is 24.1 Å². The Hall–Kier alpha value is -2.32. The number of terminal acetylenes is 1. The van der Waals surface area contributed by atoms with E-state index in [0.717, 1.165) is 34.1 Å². The van der Waals surface area contributed by atoms with Crippen LogP contribution >= 0.6 is 11.3 Å². The Labute approximate surface area is 127 Å². The molecular weight excluding hydrogens is 282 g/mol. The standard InChI is InChI=1S/C16H15N3OS/c1-2-11-3-5-12(6-4-11)14-9-18-16(21-14)19-8-7-13(10-19)15(17)20/h1,3-6,9,13H,7-8,10H2,(H2,17,20). The van der Waals surface area contributed by atoms with Crippen molar-refractivity contribution in [2.24, 2.45) is 11.7 Å². The van der Waals surface area contributed by atoms with E-state index in [-0.39, 0.29) is 11.8 Å². The molecule has 3 rings (SSSR count). The minimum atomic E-state index is -0.223. The summed E-state index contributed by atoms with van der Waals surface area (Å²) in [6, 6.07) is 7.85. The molecule has 0 aliphatic carbocycles. The fourth-order valence-corrected chi connectivity index (χ4v) is 3.40. The fourth-order valence-electron chi connectivity index (χ4n) is 2.44. The minimum absolute atomic E-state index is 0.0627. The maximum atomic E-state index is 11.2. The van der Waals surface area contributed by atoms with Crippen LogP contribution in [0.3, 0.4) is 0 Å². The lowest BCUT2D eigenvalue weighted by Gasteiger charge is -2.13. The number of hydrogen-bond donors (Lipinski definition) is 1. The van der Waals surface area contributed by atoms with Crippen molar-refractivity contribution in [3.63, 3.8) is 0 Å². The number of primary amides is 1. The Morgan fingerprint density at radius 1 is 1.43 bits per heavy atom. The number of nitrogens with zero attached hydrogens (tertiary/aromatic N) is 2. The molecule has 0 bridgehead atoms. The third-order valence-electron chi connectivity index (χ3n) is 3.69. The molecule has 0 saturated carbocycles. The Morgan fingerprint density at radius 2 is 2.19 bits per heavy atom. The topological polar surface area (TPSA) is 59.2 Å². The summed E-state index contributed by atoms with van der Waals surface area (Å²) >= 11 is 1.62. The van der Waals surface area contributed by atoms with Gasteiger partial charge in [-0.1, -0.05) is 29.4 Å². The van der Waals surface area contributed by atoms with Crippen molar-refractivity contribution in [2.45, 2.75) is 6.42 Å². The van der Waals surface area contributed by atoms with Crippen LogP contribution in [0.4, 0.5) is 5.13 Å². The Morgan fingerprint density at radius 3 is 2.81 bits per heavy atom. The lowest BCUT2D eigenvalue weighted by atomic mass is 10.1. The van der Waals surface area contributed by atoms with Crippen LogP contribution in [0.5, 0.6) is 0 Å². The van der Waals surface area contributed by atoms with E-state index in [4.69, 9.17) is 12.2 Å². The molecule has 106 valence electrons. The smallest absolute Gasteiger partial charge is 0.222 e. The normalized spacial score (nSPS) is 17.7. The Kier molecular flexibility index (Phi) is 3.63. The highest BCUT2D eigenvalue weighted by Gasteiger charge is 2.28. The largest absolute Gasteiger partial charge is 0.369 e. The first-order valence-electron chi connectivity index (χ1n) is 6.74. The number of aromatic nitrogens is 1. The summed E-state index contributed by atoms with van der Waals surface area (Å²) in [6.07, 6.45) is 8.03. The lowest BCUT2D eigenvalue weighted by Crippen LogP contribution is -2.27. The van der Waals surface area contributed by atoms with Gasteiger partial charge in [-0.3, -0.25) is 4.79 Å².